The van der Waals surface area contributed by atoms with Gasteiger partial charge in [-0.2, -0.15) is 0 Å². The zero-order valence-electron chi connectivity index (χ0n) is 12.6. The number of likely N-dealkylation sites (N-methyl/N-ethyl adjacent to an activating group) is 1. The number of pyridine rings is 1. The number of aryl methyl sites for hydroxylation is 1. The van der Waals surface area contributed by atoms with Gasteiger partial charge in [-0.05, 0) is 43.3 Å². The van der Waals surface area contributed by atoms with Gasteiger partial charge >= 0.3 is 0 Å². The zero-order valence-corrected chi connectivity index (χ0v) is 12.6. The van der Waals surface area contributed by atoms with Crippen LogP contribution in [-0.2, 0) is 6.54 Å². The molecule has 3 nitrogen and oxygen atoms in total. The molecular weight excluding hydrogens is 265 g/mol. The third-order valence-corrected chi connectivity index (χ3v) is 3.61. The highest BCUT2D eigenvalue weighted by atomic mass is 19.1. The molecule has 1 heterocycles. The van der Waals surface area contributed by atoms with Gasteiger partial charge in [0.2, 0.25) is 0 Å². The van der Waals surface area contributed by atoms with Crippen molar-refractivity contribution in [1.82, 2.24) is 9.88 Å². The second-order valence-corrected chi connectivity index (χ2v) is 5.14. The average molecular weight is 287 g/mol. The summed E-state index contributed by atoms with van der Waals surface area (Å²) < 4.78 is 13.4. The Hall–Kier alpha value is -1.78. The minimum atomic E-state index is -0.226. The van der Waals surface area contributed by atoms with Crippen molar-refractivity contribution in [2.45, 2.75) is 26.4 Å². The van der Waals surface area contributed by atoms with Crippen molar-refractivity contribution in [3.05, 3.63) is 65.2 Å². The highest BCUT2D eigenvalue weighted by Gasteiger charge is 2.18. The Bertz CT molecular complexity index is 586. The van der Waals surface area contributed by atoms with Crippen molar-refractivity contribution in [3.8, 4) is 0 Å². The van der Waals surface area contributed by atoms with E-state index in [1.807, 2.05) is 31.2 Å². The standard InChI is InChI=1S/C17H22FN3/c1-3-21(12-16-9-4-6-13(2)20-16)17(11-19)14-7-5-8-15(18)10-14/h4-10,17H,3,11-12,19H2,1-2H3. The van der Waals surface area contributed by atoms with Crippen LogP contribution < -0.4 is 5.73 Å². The maximum atomic E-state index is 13.4. The normalized spacial score (nSPS) is 12.6. The van der Waals surface area contributed by atoms with Crippen molar-refractivity contribution in [1.29, 1.82) is 0 Å². The fraction of sp³-hybridized carbons (Fsp3) is 0.353. The third kappa shape index (κ3) is 4.09. The minimum absolute atomic E-state index is 0.00647. The first-order chi connectivity index (χ1) is 10.1. The molecule has 0 saturated carbocycles. The van der Waals surface area contributed by atoms with E-state index in [1.165, 1.54) is 6.07 Å². The van der Waals surface area contributed by atoms with Gasteiger partial charge in [-0.3, -0.25) is 9.88 Å². The van der Waals surface area contributed by atoms with E-state index in [-0.39, 0.29) is 11.9 Å². The fourth-order valence-electron chi connectivity index (χ4n) is 2.55. The SMILES string of the molecule is CCN(Cc1cccc(C)n1)C(CN)c1cccc(F)c1. The Morgan fingerprint density at radius 1 is 1.24 bits per heavy atom. The fourth-order valence-corrected chi connectivity index (χ4v) is 2.55. The quantitative estimate of drug-likeness (QED) is 0.888. The van der Waals surface area contributed by atoms with Crippen LogP contribution in [0.2, 0.25) is 0 Å². The molecule has 1 atom stereocenters. The molecule has 0 fully saturated rings. The van der Waals surface area contributed by atoms with E-state index >= 15 is 0 Å². The summed E-state index contributed by atoms with van der Waals surface area (Å²) in [5, 5.41) is 0. The molecule has 0 spiro atoms. The summed E-state index contributed by atoms with van der Waals surface area (Å²) in [5.74, 6) is -0.226. The zero-order chi connectivity index (χ0) is 15.2. The van der Waals surface area contributed by atoms with Gasteiger partial charge in [0.15, 0.2) is 0 Å². The second kappa shape index (κ2) is 7.29. The van der Waals surface area contributed by atoms with Crippen LogP contribution in [0.4, 0.5) is 4.39 Å². The number of hydrogen-bond donors (Lipinski definition) is 1. The number of rotatable bonds is 6. The molecule has 0 aliphatic carbocycles. The van der Waals surface area contributed by atoms with Gasteiger partial charge in [-0.15, -0.1) is 0 Å². The molecule has 0 saturated heterocycles. The van der Waals surface area contributed by atoms with Gasteiger partial charge < -0.3 is 5.73 Å². The van der Waals surface area contributed by atoms with Crippen molar-refractivity contribution in [2.75, 3.05) is 13.1 Å². The summed E-state index contributed by atoms with van der Waals surface area (Å²) >= 11 is 0. The van der Waals surface area contributed by atoms with Gasteiger partial charge in [0.05, 0.1) is 5.69 Å². The Morgan fingerprint density at radius 3 is 2.62 bits per heavy atom. The highest BCUT2D eigenvalue weighted by Crippen LogP contribution is 2.22. The van der Waals surface area contributed by atoms with Crippen molar-refractivity contribution >= 4 is 0 Å². The molecule has 0 amide bonds. The predicted octanol–water partition coefficient (Wildman–Crippen LogP) is 3.05. The van der Waals surface area contributed by atoms with Crippen molar-refractivity contribution < 1.29 is 4.39 Å². The Balaban J connectivity index is 2.21. The molecule has 21 heavy (non-hydrogen) atoms. The maximum absolute atomic E-state index is 13.4. The van der Waals surface area contributed by atoms with E-state index in [1.54, 1.807) is 12.1 Å². The lowest BCUT2D eigenvalue weighted by Crippen LogP contribution is -2.33. The number of halogens is 1. The van der Waals surface area contributed by atoms with Crippen LogP contribution in [0, 0.1) is 12.7 Å². The molecule has 2 N–H and O–H groups in total. The number of hydrogen-bond acceptors (Lipinski definition) is 3. The van der Waals surface area contributed by atoms with Crippen LogP contribution in [-0.4, -0.2) is 23.0 Å². The van der Waals surface area contributed by atoms with E-state index in [0.717, 1.165) is 23.5 Å². The van der Waals surface area contributed by atoms with Crippen LogP contribution in [0.25, 0.3) is 0 Å². The molecule has 2 aromatic rings. The molecular formula is C17H22FN3. The smallest absolute Gasteiger partial charge is 0.123 e. The predicted molar refractivity (Wildman–Crippen MR) is 83.3 cm³/mol. The summed E-state index contributed by atoms with van der Waals surface area (Å²) in [6.45, 7) is 6.04. The first kappa shape index (κ1) is 15.6. The van der Waals surface area contributed by atoms with Crippen LogP contribution in [0.5, 0.6) is 0 Å². The Labute approximate surface area is 125 Å². The van der Waals surface area contributed by atoms with Crippen LogP contribution in [0.1, 0.15) is 29.9 Å². The highest BCUT2D eigenvalue weighted by molar-refractivity contribution is 5.21. The molecule has 1 aromatic heterocycles. The van der Waals surface area contributed by atoms with Gasteiger partial charge in [-0.1, -0.05) is 25.1 Å². The number of nitrogens with zero attached hydrogens (tertiary/aromatic N) is 2. The first-order valence-corrected chi connectivity index (χ1v) is 7.26. The number of aromatic nitrogens is 1. The van der Waals surface area contributed by atoms with E-state index in [0.29, 0.717) is 13.1 Å². The molecule has 1 aromatic carbocycles. The van der Waals surface area contributed by atoms with Gasteiger partial charge in [0, 0.05) is 24.8 Å². The summed E-state index contributed by atoms with van der Waals surface area (Å²) in [6.07, 6.45) is 0. The van der Waals surface area contributed by atoms with Gasteiger partial charge in [0.1, 0.15) is 5.82 Å². The molecule has 0 bridgehead atoms. The van der Waals surface area contributed by atoms with Gasteiger partial charge in [0.25, 0.3) is 0 Å². The van der Waals surface area contributed by atoms with Crippen LogP contribution >= 0.6 is 0 Å². The van der Waals surface area contributed by atoms with E-state index < -0.39 is 0 Å². The molecule has 112 valence electrons. The van der Waals surface area contributed by atoms with Crippen molar-refractivity contribution in [3.63, 3.8) is 0 Å². The molecule has 0 radical (unpaired) electrons. The van der Waals surface area contributed by atoms with Crippen LogP contribution in [0.3, 0.4) is 0 Å². The Morgan fingerprint density at radius 2 is 2.00 bits per heavy atom. The Kier molecular flexibility index (Phi) is 5.42. The molecule has 4 heteroatoms. The summed E-state index contributed by atoms with van der Waals surface area (Å²) in [5.41, 5.74) is 8.84. The lowest BCUT2D eigenvalue weighted by atomic mass is 10.0. The van der Waals surface area contributed by atoms with E-state index in [9.17, 15) is 4.39 Å². The first-order valence-electron chi connectivity index (χ1n) is 7.26. The lowest BCUT2D eigenvalue weighted by Gasteiger charge is -2.30. The van der Waals surface area contributed by atoms with E-state index in [4.69, 9.17) is 5.73 Å². The summed E-state index contributed by atoms with van der Waals surface area (Å²) in [6, 6.07) is 12.7. The minimum Gasteiger partial charge on any atom is -0.329 e. The van der Waals surface area contributed by atoms with E-state index in [2.05, 4.69) is 16.8 Å². The van der Waals surface area contributed by atoms with Crippen molar-refractivity contribution in [2.24, 2.45) is 5.73 Å². The number of benzene rings is 1. The molecule has 2 rings (SSSR count). The maximum Gasteiger partial charge on any atom is 0.123 e. The molecule has 1 unspecified atom stereocenters. The van der Waals surface area contributed by atoms with Crippen LogP contribution in [0.15, 0.2) is 42.5 Å². The van der Waals surface area contributed by atoms with Gasteiger partial charge in [-0.25, -0.2) is 4.39 Å². The summed E-state index contributed by atoms with van der Waals surface area (Å²) in [4.78, 5) is 6.75. The molecule has 0 aliphatic heterocycles. The largest absolute Gasteiger partial charge is 0.329 e. The second-order valence-electron chi connectivity index (χ2n) is 5.14. The summed E-state index contributed by atoms with van der Waals surface area (Å²) in [7, 11) is 0. The average Bonchev–Trinajstić information content (AvgIpc) is 2.47. The number of nitrogens with two attached hydrogens (primary N) is 1. The monoisotopic (exact) mass is 287 g/mol. The molecule has 0 aliphatic rings. The topological polar surface area (TPSA) is 42.2 Å². The lowest BCUT2D eigenvalue weighted by molar-refractivity contribution is 0.200. The third-order valence-electron chi connectivity index (χ3n) is 3.61.